The van der Waals surface area contributed by atoms with Crippen LogP contribution in [0.3, 0.4) is 0 Å². The Balaban J connectivity index is 1.68. The Morgan fingerprint density at radius 2 is 1.43 bits per heavy atom. The predicted molar refractivity (Wildman–Crippen MR) is 112 cm³/mol. The van der Waals surface area contributed by atoms with Crippen LogP contribution in [0.5, 0.6) is 0 Å². The SMILES string of the molecule is O=C(NO)C(COCc1ccccc1)NS(=O)(=O)c1ccc(-c2ccccc2)cc1. The second kappa shape index (κ2) is 10.1. The van der Waals surface area contributed by atoms with E-state index in [0.29, 0.717) is 0 Å². The van der Waals surface area contributed by atoms with Gasteiger partial charge in [-0.15, -0.1) is 0 Å². The molecule has 0 aliphatic heterocycles. The molecule has 3 aromatic rings. The molecule has 7 nitrogen and oxygen atoms in total. The summed E-state index contributed by atoms with van der Waals surface area (Å²) in [6.07, 6.45) is 0. The van der Waals surface area contributed by atoms with Gasteiger partial charge < -0.3 is 4.74 Å². The highest BCUT2D eigenvalue weighted by Gasteiger charge is 2.26. The lowest BCUT2D eigenvalue weighted by Gasteiger charge is -2.17. The average Bonchev–Trinajstić information content (AvgIpc) is 2.79. The van der Waals surface area contributed by atoms with E-state index in [1.165, 1.54) is 17.6 Å². The van der Waals surface area contributed by atoms with Crippen molar-refractivity contribution in [1.29, 1.82) is 0 Å². The number of hydrogen-bond donors (Lipinski definition) is 3. The van der Waals surface area contributed by atoms with E-state index in [0.717, 1.165) is 16.7 Å². The van der Waals surface area contributed by atoms with Crippen LogP contribution in [0.25, 0.3) is 11.1 Å². The van der Waals surface area contributed by atoms with E-state index in [1.54, 1.807) is 12.1 Å². The van der Waals surface area contributed by atoms with Gasteiger partial charge in [0.25, 0.3) is 5.91 Å². The fourth-order valence-electron chi connectivity index (χ4n) is 2.82. The maximum Gasteiger partial charge on any atom is 0.263 e. The van der Waals surface area contributed by atoms with Crippen LogP contribution in [-0.4, -0.2) is 32.2 Å². The van der Waals surface area contributed by atoms with Gasteiger partial charge in [0, 0.05) is 0 Å². The summed E-state index contributed by atoms with van der Waals surface area (Å²) >= 11 is 0. The smallest absolute Gasteiger partial charge is 0.263 e. The summed E-state index contributed by atoms with van der Waals surface area (Å²) in [5, 5.41) is 8.96. The lowest BCUT2D eigenvalue weighted by Crippen LogP contribution is -2.48. The van der Waals surface area contributed by atoms with Crippen LogP contribution < -0.4 is 10.2 Å². The van der Waals surface area contributed by atoms with Gasteiger partial charge >= 0.3 is 0 Å². The number of carbonyl (C=O) groups excluding carboxylic acids is 1. The second-order valence-corrected chi connectivity index (χ2v) is 8.26. The summed E-state index contributed by atoms with van der Waals surface area (Å²) in [6, 6.07) is 23.8. The number of amides is 1. The fraction of sp³-hybridized carbons (Fsp3) is 0.136. The molecule has 0 saturated heterocycles. The third-order valence-corrected chi connectivity index (χ3v) is 5.88. The number of hydrogen-bond acceptors (Lipinski definition) is 5. The lowest BCUT2D eigenvalue weighted by molar-refractivity contribution is -0.132. The highest BCUT2D eigenvalue weighted by atomic mass is 32.2. The highest BCUT2D eigenvalue weighted by Crippen LogP contribution is 2.21. The van der Waals surface area contributed by atoms with E-state index in [4.69, 9.17) is 9.94 Å². The standard InChI is InChI=1S/C22H22N2O5S/c25-22(23-26)21(16-29-15-17-7-3-1-4-8-17)24-30(27,28)20-13-11-19(12-14-20)18-9-5-2-6-10-18/h1-14,21,24,26H,15-16H2,(H,23,25). The Kier molecular flexibility index (Phi) is 7.31. The fourth-order valence-corrected chi connectivity index (χ4v) is 4.00. The number of hydroxylamine groups is 1. The summed E-state index contributed by atoms with van der Waals surface area (Å²) in [7, 11) is -4.01. The van der Waals surface area contributed by atoms with Gasteiger partial charge in [-0.25, -0.2) is 13.9 Å². The molecule has 0 bridgehead atoms. The number of carbonyl (C=O) groups is 1. The first-order valence-electron chi connectivity index (χ1n) is 9.23. The molecular formula is C22H22N2O5S. The highest BCUT2D eigenvalue weighted by molar-refractivity contribution is 7.89. The lowest BCUT2D eigenvalue weighted by atomic mass is 10.1. The molecule has 1 amide bonds. The van der Waals surface area contributed by atoms with Crippen molar-refractivity contribution in [3.63, 3.8) is 0 Å². The molecule has 3 N–H and O–H groups in total. The number of ether oxygens (including phenoxy) is 1. The van der Waals surface area contributed by atoms with Crippen molar-refractivity contribution in [2.75, 3.05) is 6.61 Å². The summed E-state index contributed by atoms with van der Waals surface area (Å²) < 4.78 is 33.2. The van der Waals surface area contributed by atoms with Gasteiger partial charge in [0.2, 0.25) is 10.0 Å². The molecule has 0 saturated carbocycles. The van der Waals surface area contributed by atoms with Crippen LogP contribution in [0, 0.1) is 0 Å². The Labute approximate surface area is 175 Å². The maximum atomic E-state index is 12.7. The largest absolute Gasteiger partial charge is 0.375 e. The number of nitrogens with one attached hydrogen (secondary N) is 2. The molecular weight excluding hydrogens is 404 g/mol. The average molecular weight is 426 g/mol. The third kappa shape index (κ3) is 5.74. The number of sulfonamides is 1. The summed E-state index contributed by atoms with van der Waals surface area (Å²) in [5.41, 5.74) is 4.17. The Morgan fingerprint density at radius 1 is 0.867 bits per heavy atom. The Hall–Kier alpha value is -3.04. The van der Waals surface area contributed by atoms with E-state index in [1.807, 2.05) is 60.7 Å². The van der Waals surface area contributed by atoms with E-state index in [2.05, 4.69) is 4.72 Å². The third-order valence-electron chi connectivity index (χ3n) is 4.39. The molecule has 0 fully saturated rings. The van der Waals surface area contributed by atoms with Crippen molar-refractivity contribution in [2.24, 2.45) is 0 Å². The van der Waals surface area contributed by atoms with Crippen molar-refractivity contribution in [1.82, 2.24) is 10.2 Å². The Bertz CT molecular complexity index is 1060. The minimum Gasteiger partial charge on any atom is -0.375 e. The van der Waals surface area contributed by atoms with E-state index in [9.17, 15) is 13.2 Å². The number of benzene rings is 3. The normalized spacial score (nSPS) is 12.3. The monoisotopic (exact) mass is 426 g/mol. The van der Waals surface area contributed by atoms with Crippen LogP contribution in [-0.2, 0) is 26.2 Å². The molecule has 0 aliphatic carbocycles. The van der Waals surface area contributed by atoms with Gasteiger partial charge in [0.1, 0.15) is 6.04 Å². The summed E-state index contributed by atoms with van der Waals surface area (Å²) in [6.45, 7) is -0.0494. The van der Waals surface area contributed by atoms with Crippen molar-refractivity contribution >= 4 is 15.9 Å². The molecule has 156 valence electrons. The van der Waals surface area contributed by atoms with Gasteiger partial charge in [-0.05, 0) is 28.8 Å². The van der Waals surface area contributed by atoms with Crippen molar-refractivity contribution in [2.45, 2.75) is 17.5 Å². The van der Waals surface area contributed by atoms with Crippen LogP contribution in [0.1, 0.15) is 5.56 Å². The van der Waals surface area contributed by atoms with E-state index < -0.39 is 22.0 Å². The molecule has 30 heavy (non-hydrogen) atoms. The van der Waals surface area contributed by atoms with Gasteiger partial charge in [0.15, 0.2) is 0 Å². The second-order valence-electron chi connectivity index (χ2n) is 6.54. The van der Waals surface area contributed by atoms with E-state index in [-0.39, 0.29) is 18.1 Å². The molecule has 0 aliphatic rings. The Morgan fingerprint density at radius 3 is 2.03 bits per heavy atom. The molecule has 0 heterocycles. The van der Waals surface area contributed by atoms with Gasteiger partial charge in [-0.3, -0.25) is 10.0 Å². The zero-order valence-electron chi connectivity index (χ0n) is 16.1. The molecule has 0 spiro atoms. The first kappa shape index (κ1) is 21.7. The number of rotatable bonds is 9. The van der Waals surface area contributed by atoms with Crippen LogP contribution in [0.15, 0.2) is 89.8 Å². The molecule has 3 rings (SSSR count). The van der Waals surface area contributed by atoms with Gasteiger partial charge in [0.05, 0.1) is 18.1 Å². The van der Waals surface area contributed by atoms with Gasteiger partial charge in [-0.2, -0.15) is 4.72 Å². The molecule has 1 unspecified atom stereocenters. The zero-order chi connectivity index (χ0) is 21.4. The van der Waals surface area contributed by atoms with Gasteiger partial charge in [-0.1, -0.05) is 72.8 Å². The first-order chi connectivity index (χ1) is 14.5. The summed E-state index contributed by atoms with van der Waals surface area (Å²) in [5.74, 6) is -0.910. The van der Waals surface area contributed by atoms with Crippen LogP contribution in [0.4, 0.5) is 0 Å². The van der Waals surface area contributed by atoms with E-state index >= 15 is 0 Å². The minimum absolute atomic E-state index is 0.000908. The van der Waals surface area contributed by atoms with Crippen molar-refractivity contribution in [3.8, 4) is 11.1 Å². The molecule has 3 aromatic carbocycles. The first-order valence-corrected chi connectivity index (χ1v) is 10.7. The molecule has 1 atom stereocenters. The molecule has 0 radical (unpaired) electrons. The van der Waals surface area contributed by atoms with Crippen LogP contribution in [0.2, 0.25) is 0 Å². The van der Waals surface area contributed by atoms with Crippen LogP contribution >= 0.6 is 0 Å². The predicted octanol–water partition coefficient (Wildman–Crippen LogP) is 2.72. The summed E-state index contributed by atoms with van der Waals surface area (Å²) in [4.78, 5) is 11.9. The van der Waals surface area contributed by atoms with Crippen molar-refractivity contribution < 1.29 is 23.2 Å². The minimum atomic E-state index is -4.01. The van der Waals surface area contributed by atoms with Crippen molar-refractivity contribution in [3.05, 3.63) is 90.5 Å². The maximum absolute atomic E-state index is 12.7. The topological polar surface area (TPSA) is 105 Å². The molecule has 8 heteroatoms. The quantitative estimate of drug-likeness (QED) is 0.360. The molecule has 0 aromatic heterocycles. The zero-order valence-corrected chi connectivity index (χ0v) is 16.9.